The fourth-order valence-electron chi connectivity index (χ4n) is 4.21. The third-order valence-corrected chi connectivity index (χ3v) is 5.85. The standard InChI is InChI=1S/C20H20F6N4O/c1-17(20(25,26)18(31-16(27)30-17)9-19(23,24)10-18)14-6-12(4-5-15(14)22)29-8-13-3-2-11(21)7-28-13/h2-7,11,13,29H,8-10H2,1H3,(H2,27,30). The van der Waals surface area contributed by atoms with Crippen LogP contribution in [0.3, 0.4) is 0 Å². The number of benzene rings is 1. The maximum absolute atomic E-state index is 15.5. The SMILES string of the molecule is CC1(c2cc(NCC3C=CC(F)C=N3)ccc2F)N=C(N)OC2(CC(F)(F)C2)C1(F)F. The van der Waals surface area contributed by atoms with Crippen LogP contribution in [-0.2, 0) is 10.3 Å². The summed E-state index contributed by atoms with van der Waals surface area (Å²) in [5.41, 5.74) is 0.164. The third kappa shape index (κ3) is 3.43. The molecule has 0 radical (unpaired) electrons. The summed E-state index contributed by atoms with van der Waals surface area (Å²) in [6, 6.07) is 2.33. The molecule has 3 N–H and O–H groups in total. The van der Waals surface area contributed by atoms with E-state index in [0.29, 0.717) is 0 Å². The Hall–Kier alpha value is -2.72. The van der Waals surface area contributed by atoms with Gasteiger partial charge in [0, 0.05) is 24.0 Å². The average molecular weight is 446 g/mol. The van der Waals surface area contributed by atoms with Crippen molar-refractivity contribution < 1.29 is 31.1 Å². The summed E-state index contributed by atoms with van der Waals surface area (Å²) < 4.78 is 90.7. The number of ether oxygens (including phenoxy) is 1. The number of nitrogens with zero attached hydrogens (tertiary/aromatic N) is 2. The maximum Gasteiger partial charge on any atom is 0.316 e. The zero-order chi connectivity index (χ0) is 22.7. The lowest BCUT2D eigenvalue weighted by molar-refractivity contribution is -0.313. The van der Waals surface area contributed by atoms with Crippen molar-refractivity contribution in [3.63, 3.8) is 0 Å². The Balaban J connectivity index is 1.64. The van der Waals surface area contributed by atoms with Gasteiger partial charge in [0.05, 0.1) is 18.9 Å². The van der Waals surface area contributed by atoms with Crippen molar-refractivity contribution in [2.45, 2.75) is 55.0 Å². The van der Waals surface area contributed by atoms with Crippen LogP contribution in [0.5, 0.6) is 0 Å². The molecular formula is C20H20F6N4O. The maximum atomic E-state index is 15.5. The monoisotopic (exact) mass is 446 g/mol. The summed E-state index contributed by atoms with van der Waals surface area (Å²) in [5, 5.41) is 2.92. The molecule has 2 aliphatic heterocycles. The third-order valence-electron chi connectivity index (χ3n) is 5.85. The Morgan fingerprint density at radius 3 is 2.52 bits per heavy atom. The van der Waals surface area contributed by atoms with Gasteiger partial charge in [-0.05, 0) is 31.2 Å². The fourth-order valence-corrected chi connectivity index (χ4v) is 4.21. The molecule has 1 fully saturated rings. The number of hydrogen-bond acceptors (Lipinski definition) is 5. The highest BCUT2D eigenvalue weighted by Gasteiger charge is 2.78. The van der Waals surface area contributed by atoms with Crippen LogP contribution >= 0.6 is 0 Å². The predicted octanol–water partition coefficient (Wildman–Crippen LogP) is 3.95. The molecule has 168 valence electrons. The number of nitrogens with two attached hydrogens (primary N) is 1. The topological polar surface area (TPSA) is 72.0 Å². The van der Waals surface area contributed by atoms with E-state index in [1.807, 2.05) is 0 Å². The van der Waals surface area contributed by atoms with Crippen molar-refractivity contribution in [2.24, 2.45) is 15.7 Å². The van der Waals surface area contributed by atoms with Crippen LogP contribution in [0.4, 0.5) is 32.0 Å². The highest BCUT2D eigenvalue weighted by molar-refractivity contribution is 5.75. The number of anilines is 1. The molecular weight excluding hydrogens is 426 g/mol. The van der Waals surface area contributed by atoms with Crippen molar-refractivity contribution in [2.75, 3.05) is 11.9 Å². The second kappa shape index (κ2) is 6.89. The van der Waals surface area contributed by atoms with Gasteiger partial charge in [-0.3, -0.25) is 4.99 Å². The molecule has 31 heavy (non-hydrogen) atoms. The van der Waals surface area contributed by atoms with E-state index in [2.05, 4.69) is 15.3 Å². The number of hydrogen-bond donors (Lipinski definition) is 2. The van der Waals surface area contributed by atoms with E-state index in [1.165, 1.54) is 12.1 Å². The number of allylic oxidation sites excluding steroid dienone is 1. The molecule has 3 aliphatic rings. The smallest absolute Gasteiger partial charge is 0.316 e. The van der Waals surface area contributed by atoms with Gasteiger partial charge in [-0.25, -0.2) is 22.6 Å². The molecule has 5 nitrogen and oxygen atoms in total. The lowest BCUT2D eigenvalue weighted by Gasteiger charge is -2.56. The minimum atomic E-state index is -3.98. The fraction of sp³-hybridized carbons (Fsp3) is 0.500. The molecule has 11 heteroatoms. The van der Waals surface area contributed by atoms with Crippen LogP contribution in [-0.4, -0.2) is 48.4 Å². The van der Waals surface area contributed by atoms with Gasteiger partial charge in [-0.2, -0.15) is 8.78 Å². The quantitative estimate of drug-likeness (QED) is 0.544. The van der Waals surface area contributed by atoms with Crippen LogP contribution in [0.1, 0.15) is 25.3 Å². The van der Waals surface area contributed by atoms with Gasteiger partial charge >= 0.3 is 5.92 Å². The van der Waals surface area contributed by atoms with Crippen LogP contribution in [0.15, 0.2) is 40.3 Å². The number of dihydropyridines is 1. The zero-order valence-electron chi connectivity index (χ0n) is 16.4. The van der Waals surface area contributed by atoms with Gasteiger partial charge in [0.2, 0.25) is 0 Å². The Labute approximate surface area is 174 Å². The van der Waals surface area contributed by atoms with E-state index in [1.54, 1.807) is 6.08 Å². The number of halogens is 6. The van der Waals surface area contributed by atoms with Gasteiger partial charge in [-0.1, -0.05) is 6.08 Å². The Kier molecular flexibility index (Phi) is 4.78. The number of rotatable bonds is 4. The minimum absolute atomic E-state index is 0.197. The van der Waals surface area contributed by atoms with Crippen molar-refractivity contribution in [3.8, 4) is 0 Å². The molecule has 1 saturated carbocycles. The molecule has 0 amide bonds. The van der Waals surface area contributed by atoms with Gasteiger partial charge in [-0.15, -0.1) is 0 Å². The molecule has 0 saturated heterocycles. The van der Waals surface area contributed by atoms with E-state index in [9.17, 15) is 17.6 Å². The summed E-state index contributed by atoms with van der Waals surface area (Å²) in [5.74, 6) is -8.31. The first kappa shape index (κ1) is 21.5. The normalized spacial score (nSPS) is 32.2. The second-order valence-corrected chi connectivity index (χ2v) is 8.17. The van der Waals surface area contributed by atoms with Crippen LogP contribution in [0, 0.1) is 5.82 Å². The first-order valence-electron chi connectivity index (χ1n) is 9.57. The van der Waals surface area contributed by atoms with Gasteiger partial charge in [0.25, 0.3) is 11.9 Å². The Morgan fingerprint density at radius 2 is 1.90 bits per heavy atom. The molecule has 1 aliphatic carbocycles. The molecule has 1 aromatic rings. The van der Waals surface area contributed by atoms with Gasteiger partial charge in [0.1, 0.15) is 5.82 Å². The van der Waals surface area contributed by atoms with Gasteiger partial charge < -0.3 is 15.8 Å². The number of amidine groups is 1. The van der Waals surface area contributed by atoms with Crippen LogP contribution < -0.4 is 11.1 Å². The van der Waals surface area contributed by atoms with Crippen molar-refractivity contribution in [1.82, 2.24) is 0 Å². The van der Waals surface area contributed by atoms with E-state index in [4.69, 9.17) is 10.5 Å². The zero-order valence-corrected chi connectivity index (χ0v) is 16.4. The largest absolute Gasteiger partial charge is 0.452 e. The first-order chi connectivity index (χ1) is 14.4. The number of nitrogens with one attached hydrogen (secondary N) is 1. The second-order valence-electron chi connectivity index (χ2n) is 8.17. The Bertz CT molecular complexity index is 956. The van der Waals surface area contributed by atoms with E-state index >= 15 is 8.78 Å². The van der Waals surface area contributed by atoms with Crippen LogP contribution in [0.2, 0.25) is 0 Å². The molecule has 4 rings (SSSR count). The lowest BCUT2D eigenvalue weighted by Crippen LogP contribution is -2.72. The molecule has 1 spiro atoms. The van der Waals surface area contributed by atoms with E-state index in [-0.39, 0.29) is 12.2 Å². The summed E-state index contributed by atoms with van der Waals surface area (Å²) in [6.07, 6.45) is 0.238. The molecule has 3 unspecified atom stereocenters. The highest BCUT2D eigenvalue weighted by Crippen LogP contribution is 2.62. The lowest BCUT2D eigenvalue weighted by atomic mass is 9.64. The van der Waals surface area contributed by atoms with Crippen molar-refractivity contribution in [1.29, 1.82) is 0 Å². The summed E-state index contributed by atoms with van der Waals surface area (Å²) in [7, 11) is 0. The molecule has 0 bridgehead atoms. The van der Waals surface area contributed by atoms with Crippen molar-refractivity contribution >= 4 is 17.9 Å². The van der Waals surface area contributed by atoms with E-state index in [0.717, 1.165) is 25.3 Å². The van der Waals surface area contributed by atoms with Crippen molar-refractivity contribution in [3.05, 3.63) is 41.7 Å². The summed E-state index contributed by atoms with van der Waals surface area (Å²) in [6.45, 7) is 1.14. The minimum Gasteiger partial charge on any atom is -0.452 e. The molecule has 0 aromatic heterocycles. The molecule has 1 aromatic carbocycles. The molecule has 2 heterocycles. The summed E-state index contributed by atoms with van der Waals surface area (Å²) in [4.78, 5) is 7.64. The number of aliphatic imine (C=N–C) groups is 2. The van der Waals surface area contributed by atoms with Crippen LogP contribution in [0.25, 0.3) is 0 Å². The first-order valence-corrected chi connectivity index (χ1v) is 9.57. The summed E-state index contributed by atoms with van der Waals surface area (Å²) >= 11 is 0. The Morgan fingerprint density at radius 1 is 1.19 bits per heavy atom. The number of alkyl halides is 5. The van der Waals surface area contributed by atoms with E-state index < -0.39 is 65.4 Å². The average Bonchev–Trinajstić information content (AvgIpc) is 2.65. The highest BCUT2D eigenvalue weighted by atomic mass is 19.3. The van der Waals surface area contributed by atoms with Gasteiger partial charge in [0.15, 0.2) is 17.3 Å². The predicted molar refractivity (Wildman–Crippen MR) is 103 cm³/mol. The molecule has 3 atom stereocenters.